The minimum Gasteiger partial charge on any atom is -0.496 e. The zero-order chi connectivity index (χ0) is 24.6. The number of anilines is 1. The number of rotatable bonds is 9. The lowest BCUT2D eigenvalue weighted by Crippen LogP contribution is -2.28. The van der Waals surface area contributed by atoms with Crippen molar-refractivity contribution in [2.45, 2.75) is 18.9 Å². The van der Waals surface area contributed by atoms with E-state index in [1.54, 1.807) is 55.7 Å². The van der Waals surface area contributed by atoms with E-state index in [9.17, 15) is 14.4 Å². The van der Waals surface area contributed by atoms with Gasteiger partial charge in [-0.15, -0.1) is 0 Å². The third kappa shape index (κ3) is 6.35. The highest BCUT2D eigenvalue weighted by molar-refractivity contribution is 6.22. The number of esters is 1. The maximum atomic E-state index is 13.0. The average molecular weight is 471 g/mol. The molecule has 0 saturated heterocycles. The second kappa shape index (κ2) is 11.2. The van der Waals surface area contributed by atoms with Crippen LogP contribution < -0.4 is 15.4 Å². The first-order valence-electron chi connectivity index (χ1n) is 11.3. The molecule has 0 radical (unpaired) electrons. The molecule has 0 atom stereocenters. The number of ether oxygens (including phenoxy) is 2. The van der Waals surface area contributed by atoms with Crippen molar-refractivity contribution in [1.29, 1.82) is 0 Å². The number of methoxy groups -OCH3 is 1. The summed E-state index contributed by atoms with van der Waals surface area (Å²) < 4.78 is 10.7. The Labute approximate surface area is 203 Å². The van der Waals surface area contributed by atoms with E-state index in [4.69, 9.17) is 9.47 Å². The lowest BCUT2D eigenvalue weighted by Gasteiger charge is -2.13. The van der Waals surface area contributed by atoms with Crippen molar-refractivity contribution < 1.29 is 23.9 Å². The highest BCUT2D eigenvalue weighted by atomic mass is 16.5. The van der Waals surface area contributed by atoms with E-state index in [2.05, 4.69) is 10.6 Å². The number of hydrogen-bond acceptors (Lipinski definition) is 5. The Morgan fingerprint density at radius 1 is 0.914 bits per heavy atom. The summed E-state index contributed by atoms with van der Waals surface area (Å²) in [5.41, 5.74) is 2.35. The zero-order valence-electron chi connectivity index (χ0n) is 19.3. The van der Waals surface area contributed by atoms with Crippen LogP contribution >= 0.6 is 0 Å². The van der Waals surface area contributed by atoms with Crippen LogP contribution in [0.15, 0.2) is 78.9 Å². The molecular formula is C28H26N2O5. The normalized spacial score (nSPS) is 13.0. The van der Waals surface area contributed by atoms with Gasteiger partial charge in [-0.2, -0.15) is 0 Å². The van der Waals surface area contributed by atoms with Crippen molar-refractivity contribution in [1.82, 2.24) is 5.32 Å². The molecule has 178 valence electrons. The van der Waals surface area contributed by atoms with Crippen LogP contribution in [0.25, 0.3) is 11.6 Å². The van der Waals surface area contributed by atoms with Crippen LogP contribution in [0.3, 0.4) is 0 Å². The molecule has 1 aliphatic rings. The van der Waals surface area contributed by atoms with Crippen molar-refractivity contribution in [3.63, 3.8) is 0 Å². The van der Waals surface area contributed by atoms with Crippen molar-refractivity contribution in [2.75, 3.05) is 19.0 Å². The first-order valence-corrected chi connectivity index (χ1v) is 11.3. The Morgan fingerprint density at radius 3 is 2.34 bits per heavy atom. The van der Waals surface area contributed by atoms with Gasteiger partial charge in [0, 0.05) is 11.6 Å². The smallest absolute Gasteiger partial charge is 0.339 e. The van der Waals surface area contributed by atoms with Gasteiger partial charge < -0.3 is 20.1 Å². The molecule has 3 aromatic rings. The number of para-hydroxylation sites is 2. The molecule has 7 nitrogen and oxygen atoms in total. The fourth-order valence-electron chi connectivity index (χ4n) is 3.50. The molecule has 2 amide bonds. The Hall–Kier alpha value is -4.39. The van der Waals surface area contributed by atoms with E-state index in [0.717, 1.165) is 12.8 Å². The molecular weight excluding hydrogens is 444 g/mol. The second-order valence-corrected chi connectivity index (χ2v) is 8.08. The predicted octanol–water partition coefficient (Wildman–Crippen LogP) is 4.31. The van der Waals surface area contributed by atoms with E-state index < -0.39 is 18.5 Å². The number of carbonyl (C=O) groups is 3. The van der Waals surface area contributed by atoms with Gasteiger partial charge in [-0.1, -0.05) is 60.7 Å². The van der Waals surface area contributed by atoms with Crippen LogP contribution in [0.4, 0.5) is 5.69 Å². The number of amides is 2. The molecule has 35 heavy (non-hydrogen) atoms. The lowest BCUT2D eigenvalue weighted by atomic mass is 10.0. The molecule has 0 heterocycles. The summed E-state index contributed by atoms with van der Waals surface area (Å²) >= 11 is 0. The summed E-state index contributed by atoms with van der Waals surface area (Å²) in [4.78, 5) is 38.1. The highest BCUT2D eigenvalue weighted by Crippen LogP contribution is 2.26. The minimum absolute atomic E-state index is 0.193. The maximum absolute atomic E-state index is 13.0. The molecule has 0 spiro atoms. The Bertz CT molecular complexity index is 1250. The monoisotopic (exact) mass is 470 g/mol. The Morgan fingerprint density at radius 2 is 1.60 bits per heavy atom. The fraction of sp³-hybridized carbons (Fsp3) is 0.179. The number of hydrogen-bond donors (Lipinski definition) is 2. The topological polar surface area (TPSA) is 93.7 Å². The number of benzene rings is 3. The molecule has 1 saturated carbocycles. The first kappa shape index (κ1) is 23.8. The molecule has 1 fully saturated rings. The summed E-state index contributed by atoms with van der Waals surface area (Å²) in [7, 11) is 1.56. The predicted molar refractivity (Wildman–Crippen MR) is 134 cm³/mol. The van der Waals surface area contributed by atoms with E-state index in [1.807, 2.05) is 36.4 Å². The zero-order valence-corrected chi connectivity index (χ0v) is 19.3. The third-order valence-electron chi connectivity index (χ3n) is 5.44. The Balaban J connectivity index is 1.47. The molecule has 2 N–H and O–H groups in total. The van der Waals surface area contributed by atoms with Crippen LogP contribution in [-0.4, -0.2) is 37.5 Å². The number of nitrogens with one attached hydrogen (secondary N) is 2. The first-order chi connectivity index (χ1) is 17.0. The van der Waals surface area contributed by atoms with Gasteiger partial charge in [0.05, 0.1) is 23.9 Å². The summed E-state index contributed by atoms with van der Waals surface area (Å²) in [6, 6.07) is 23.3. The average Bonchev–Trinajstić information content (AvgIpc) is 3.71. The highest BCUT2D eigenvalue weighted by Gasteiger charge is 2.25. The number of carbonyl (C=O) groups excluding carboxylic acids is 3. The van der Waals surface area contributed by atoms with Gasteiger partial charge in [-0.3, -0.25) is 9.59 Å². The molecule has 1 aliphatic carbocycles. The van der Waals surface area contributed by atoms with E-state index >= 15 is 0 Å². The fourth-order valence-corrected chi connectivity index (χ4v) is 3.50. The Kier molecular flexibility index (Phi) is 7.57. The van der Waals surface area contributed by atoms with Gasteiger partial charge in [0.15, 0.2) is 6.61 Å². The van der Waals surface area contributed by atoms with Gasteiger partial charge in [-0.05, 0) is 42.7 Å². The molecule has 3 aromatic carbocycles. The lowest BCUT2D eigenvalue weighted by molar-refractivity contribution is -0.141. The maximum Gasteiger partial charge on any atom is 0.339 e. The van der Waals surface area contributed by atoms with Crippen LogP contribution in [0.1, 0.15) is 34.3 Å². The van der Waals surface area contributed by atoms with Crippen molar-refractivity contribution >= 4 is 35.1 Å². The van der Waals surface area contributed by atoms with E-state index in [-0.39, 0.29) is 17.5 Å². The summed E-state index contributed by atoms with van der Waals surface area (Å²) in [5, 5.41) is 5.58. The molecule has 4 rings (SSSR count). The van der Waals surface area contributed by atoms with E-state index in [0.29, 0.717) is 28.1 Å². The van der Waals surface area contributed by atoms with Gasteiger partial charge in [0.2, 0.25) is 0 Å². The second-order valence-electron chi connectivity index (χ2n) is 8.08. The summed E-state index contributed by atoms with van der Waals surface area (Å²) in [5.74, 6) is -0.842. The summed E-state index contributed by atoms with van der Waals surface area (Å²) in [6.45, 7) is -0.506. The molecule has 0 unspecified atom stereocenters. The van der Waals surface area contributed by atoms with Gasteiger partial charge in [-0.25, -0.2) is 4.79 Å². The van der Waals surface area contributed by atoms with Crippen LogP contribution in [0, 0.1) is 0 Å². The van der Waals surface area contributed by atoms with E-state index in [1.165, 1.54) is 0 Å². The van der Waals surface area contributed by atoms with Crippen molar-refractivity contribution in [3.05, 3.63) is 95.6 Å². The third-order valence-corrected chi connectivity index (χ3v) is 5.44. The molecule has 0 bridgehead atoms. The largest absolute Gasteiger partial charge is 0.496 e. The standard InChI is InChI=1S/C28H26N2O5/c1-34-25-14-8-5-11-20(25)17-23(19-9-3-2-4-10-19)28(33)35-18-26(31)30-24-13-7-6-12-22(24)27(32)29-21-15-16-21/h2-14,17,21H,15-16,18H2,1H3,(H,29,32)(H,30,31)/b23-17+. The van der Waals surface area contributed by atoms with Gasteiger partial charge >= 0.3 is 5.97 Å². The molecule has 7 heteroatoms. The van der Waals surface area contributed by atoms with Crippen LogP contribution in [0.5, 0.6) is 5.75 Å². The molecule has 0 aliphatic heterocycles. The van der Waals surface area contributed by atoms with Crippen molar-refractivity contribution in [3.8, 4) is 5.75 Å². The summed E-state index contributed by atoms with van der Waals surface area (Å²) in [6.07, 6.45) is 3.59. The minimum atomic E-state index is -0.656. The van der Waals surface area contributed by atoms with Crippen LogP contribution in [-0.2, 0) is 14.3 Å². The SMILES string of the molecule is COc1ccccc1/C=C(/C(=O)OCC(=O)Nc1ccccc1C(=O)NC1CC1)c1ccccc1. The van der Waals surface area contributed by atoms with Crippen molar-refractivity contribution in [2.24, 2.45) is 0 Å². The molecule has 0 aromatic heterocycles. The van der Waals surface area contributed by atoms with Crippen LogP contribution in [0.2, 0.25) is 0 Å². The van der Waals surface area contributed by atoms with Gasteiger partial charge in [0.1, 0.15) is 5.75 Å². The van der Waals surface area contributed by atoms with Gasteiger partial charge in [0.25, 0.3) is 11.8 Å². The quantitative estimate of drug-likeness (QED) is 0.276.